The summed E-state index contributed by atoms with van der Waals surface area (Å²) < 4.78 is 215. The first-order valence-electron chi connectivity index (χ1n) is 36.0. The molecular weight excluding hydrogens is 2690 g/mol. The summed E-state index contributed by atoms with van der Waals surface area (Å²) in [7, 11) is -12.8. The van der Waals surface area contributed by atoms with Crippen LogP contribution >= 0.6 is 0 Å². The van der Waals surface area contributed by atoms with Gasteiger partial charge in [0, 0.05) is 216 Å². The summed E-state index contributed by atoms with van der Waals surface area (Å²) >= 11 is -2.00. The number of aromatic nitrogens is 10. The van der Waals surface area contributed by atoms with E-state index in [4.69, 9.17) is 22.8 Å². The number of hydrogen-bond acceptors (Lipinski definition) is 20. The number of hydrogen-bond donors (Lipinski definition) is 5. The van der Waals surface area contributed by atoms with Gasteiger partial charge in [0.05, 0.1) is 11.0 Å². The third-order valence-electron chi connectivity index (χ3n) is 15.5. The standard InChI is InChI=1S/C13H11F2N2.2C11H6F2N.2C11H8N.C9H7NO3S.C9H7NO2S.3C5H5NO3S.5Ir/c1-17(2)10-5-6-16-13(8-10)11-4-3-9(14)7-12(11)15;2*12-8-4-5-9(10(13)7-8)11-3-1-2-6-14-11;2*1-2-6-10(7-3-1)11-8-4-5-9-12-11;11-14(12,13)9-6-5-7-3-1-2-4-8(7)10-9;11-13(12)9-6-5-7-3-1-2-4-8(7)10-9;3*7-10(8,9)5-3-1-2-4-6-5;;;;;/h3,5-8H,1-2H3;2*1-4,6-7H;2*1-6,8-9H;1-6H,(H,11,12,13);1-6H,(H,11,12);3*1-4H,(H,7,8,9);;;;;/q5*-1;;;;;;;;;;. The second kappa shape index (κ2) is 58.0. The molecule has 5 radical (unpaired) electrons. The van der Waals surface area contributed by atoms with Crippen LogP contribution in [0.1, 0.15) is 0 Å². The third-order valence-corrected chi connectivity index (χ3v) is 19.2. The van der Waals surface area contributed by atoms with Crippen molar-refractivity contribution in [2.75, 3.05) is 19.0 Å². The summed E-state index contributed by atoms with van der Waals surface area (Å²) in [6.07, 6.45) is 12.1. The molecule has 41 heteroatoms. The summed E-state index contributed by atoms with van der Waals surface area (Å²) in [5.41, 5.74) is 8.09. The van der Waals surface area contributed by atoms with Gasteiger partial charge in [-0.25, -0.2) is 29.1 Å². The molecule has 0 aliphatic rings. The van der Waals surface area contributed by atoms with Gasteiger partial charge in [0.15, 0.2) is 25.1 Å². The molecule has 0 aliphatic heterocycles. The van der Waals surface area contributed by atoms with Gasteiger partial charge in [0.2, 0.25) is 11.1 Å². The van der Waals surface area contributed by atoms with Crippen LogP contribution in [0.5, 0.6) is 0 Å². The Balaban J connectivity index is 0.000000375. The normalized spacial score (nSPS) is 10.4. The molecule has 0 bridgehead atoms. The molecule has 689 valence electrons. The number of para-hydroxylation sites is 2. The van der Waals surface area contributed by atoms with Crippen molar-refractivity contribution in [1.82, 2.24) is 49.8 Å². The Hall–Kier alpha value is -11.1. The molecule has 5 N–H and O–H groups in total. The van der Waals surface area contributed by atoms with Crippen LogP contribution in [-0.4, -0.2) is 125 Å². The average molecular weight is 2760 g/mol. The minimum Gasteiger partial charge on any atom is -0.378 e. The van der Waals surface area contributed by atoms with Gasteiger partial charge in [-0.15, -0.1) is 108 Å². The smallest absolute Gasteiger partial charge is 0.312 e. The van der Waals surface area contributed by atoms with E-state index in [9.17, 15) is 64.2 Å². The van der Waals surface area contributed by atoms with Crippen LogP contribution < -0.4 is 4.90 Å². The third kappa shape index (κ3) is 39.9. The van der Waals surface area contributed by atoms with Crippen LogP contribution in [-0.2, 0) is 152 Å². The molecule has 25 nitrogen and oxygen atoms in total. The van der Waals surface area contributed by atoms with Crippen LogP contribution in [0.4, 0.5) is 32.0 Å². The average Bonchev–Trinajstić information content (AvgIpc) is 0.821. The molecule has 1 atom stereocenters. The number of halogens is 6. The van der Waals surface area contributed by atoms with Crippen molar-refractivity contribution < 1.29 is 188 Å². The maximum Gasteiger partial charge on any atom is 0.312 e. The first-order valence-corrected chi connectivity index (χ1v) is 42.9. The molecule has 0 fully saturated rings. The van der Waals surface area contributed by atoms with E-state index in [1.54, 1.807) is 122 Å². The predicted octanol–water partition coefficient (Wildman–Crippen LogP) is 17.9. The largest absolute Gasteiger partial charge is 0.378 e. The van der Waals surface area contributed by atoms with Crippen molar-refractivity contribution in [3.8, 4) is 56.3 Å². The first-order chi connectivity index (χ1) is 60.2. The molecule has 17 rings (SSSR count). The van der Waals surface area contributed by atoms with E-state index < -0.39 is 86.5 Å². The topological polar surface area (TPSA) is 387 Å². The summed E-state index contributed by atoms with van der Waals surface area (Å²) in [4.78, 5) is 40.3. The van der Waals surface area contributed by atoms with Gasteiger partial charge in [-0.2, -0.15) is 33.7 Å². The van der Waals surface area contributed by atoms with Crippen molar-refractivity contribution in [3.63, 3.8) is 0 Å². The maximum atomic E-state index is 13.5. The van der Waals surface area contributed by atoms with E-state index >= 15 is 0 Å². The fourth-order valence-corrected chi connectivity index (χ4v) is 11.9. The minimum absolute atomic E-state index is 0. The monoisotopic (exact) mass is 2770 g/mol. The van der Waals surface area contributed by atoms with E-state index in [2.05, 4.69) is 80.2 Å². The van der Waals surface area contributed by atoms with Crippen LogP contribution in [0.15, 0.2) is 372 Å². The van der Waals surface area contributed by atoms with Crippen LogP contribution in [0.2, 0.25) is 0 Å². The molecule has 131 heavy (non-hydrogen) atoms. The first kappa shape index (κ1) is 114. The van der Waals surface area contributed by atoms with E-state index in [1.807, 2.05) is 146 Å². The van der Waals surface area contributed by atoms with Gasteiger partial charge >= 0.3 is 40.5 Å². The molecule has 0 saturated heterocycles. The second-order valence-corrected chi connectivity index (χ2v) is 31.1. The Morgan fingerprint density at radius 1 is 0.305 bits per heavy atom. The number of nitrogens with zero attached hydrogens (tertiary/aromatic N) is 11. The van der Waals surface area contributed by atoms with Crippen molar-refractivity contribution in [2.24, 2.45) is 0 Å². The molecular formula is C90H68F6Ir5N11O14S5-5. The van der Waals surface area contributed by atoms with Crippen LogP contribution in [0.3, 0.4) is 0 Å². The molecule has 10 aromatic heterocycles. The van der Waals surface area contributed by atoms with Gasteiger partial charge in [-0.1, -0.05) is 144 Å². The Kier molecular flexibility index (Phi) is 50.5. The Labute approximate surface area is 821 Å². The second-order valence-electron chi connectivity index (χ2n) is 24.7. The van der Waals surface area contributed by atoms with Gasteiger partial charge in [0.25, 0.3) is 0 Å². The zero-order valence-electron chi connectivity index (χ0n) is 67.2. The van der Waals surface area contributed by atoms with Crippen LogP contribution in [0.25, 0.3) is 78.1 Å². The van der Waals surface area contributed by atoms with Crippen molar-refractivity contribution in [2.45, 2.75) is 25.1 Å². The number of pyridine rings is 10. The zero-order chi connectivity index (χ0) is 91.1. The SMILES string of the molecule is CN(C)c1ccnc(-c2[c-]cc(F)cc2F)c1.Fc1c[c-]c(-c2ccccn2)c(F)c1.Fc1c[c-]c(-c2ccccn2)c(F)c1.O=S(=O)(O)c1ccc2ccccc2n1.O=S(=O)(O)c1ccccn1.O=S(=O)(O)c1ccccn1.O=S(=O)(O)c1ccccn1.O=S(O)c1ccc2ccccc2n1.[Ir].[Ir].[Ir].[Ir].[Ir].[c-]1ccccc1-c1ccccn1.[c-]1ccccc1-c1ccccn1. The molecule has 0 saturated carbocycles. The van der Waals surface area contributed by atoms with Crippen molar-refractivity contribution >= 4 is 79.0 Å². The molecule has 0 amide bonds. The quantitative estimate of drug-likeness (QED) is 0.0347. The Bertz CT molecular complexity index is 6440. The van der Waals surface area contributed by atoms with Gasteiger partial charge < -0.3 is 34.4 Å². The maximum absolute atomic E-state index is 13.5. The molecule has 0 aliphatic carbocycles. The van der Waals surface area contributed by atoms with Crippen molar-refractivity contribution in [3.05, 3.63) is 412 Å². The molecule has 17 aromatic rings. The number of rotatable bonds is 11. The summed E-state index contributed by atoms with van der Waals surface area (Å²) in [6, 6.07) is 94.3. The fourth-order valence-electron chi connectivity index (χ4n) is 9.76. The molecule has 7 aromatic carbocycles. The minimum atomic E-state index is -4.21. The number of benzene rings is 7. The zero-order valence-corrected chi connectivity index (χ0v) is 83.3. The number of anilines is 1. The molecule has 1 unspecified atom stereocenters. The Morgan fingerprint density at radius 3 is 0.908 bits per heavy atom. The van der Waals surface area contributed by atoms with E-state index in [-0.39, 0.29) is 142 Å². The predicted molar refractivity (Wildman–Crippen MR) is 461 cm³/mol. The van der Waals surface area contributed by atoms with Crippen LogP contribution in [0, 0.1) is 65.2 Å². The van der Waals surface area contributed by atoms with Crippen molar-refractivity contribution in [1.29, 1.82) is 0 Å². The van der Waals surface area contributed by atoms with E-state index in [0.29, 0.717) is 22.6 Å². The summed E-state index contributed by atoms with van der Waals surface area (Å²) in [5, 5.41) is 0.700. The summed E-state index contributed by atoms with van der Waals surface area (Å²) in [5.74, 6) is -3.87. The fraction of sp³-hybridized carbons (Fsp3) is 0.0222. The van der Waals surface area contributed by atoms with E-state index in [1.165, 1.54) is 61.1 Å². The van der Waals surface area contributed by atoms with Gasteiger partial charge in [-0.3, -0.25) is 44.6 Å². The van der Waals surface area contributed by atoms with Gasteiger partial charge in [0.1, 0.15) is 0 Å². The van der Waals surface area contributed by atoms with Gasteiger partial charge in [-0.05, 0) is 132 Å². The molecule has 10 heterocycles. The number of fused-ring (bicyclic) bond motifs is 2. The van der Waals surface area contributed by atoms with E-state index in [0.717, 1.165) is 80.9 Å². The summed E-state index contributed by atoms with van der Waals surface area (Å²) in [6.45, 7) is 0. The molecule has 0 spiro atoms. The Morgan fingerprint density at radius 2 is 0.611 bits per heavy atom.